The summed E-state index contributed by atoms with van der Waals surface area (Å²) in [5, 5.41) is 19.7. The van der Waals surface area contributed by atoms with Gasteiger partial charge >= 0.3 is 0 Å². The highest BCUT2D eigenvalue weighted by atomic mass is 32.2. The SMILES string of the molecule is CSc1ccc(/C=N\NC(=O)c2nnn(-c3nonc3N)c2CN2CCCCC2C)cc1. The highest BCUT2D eigenvalue weighted by Crippen LogP contribution is 2.22. The number of hydrogen-bond acceptors (Lipinski definition) is 10. The van der Waals surface area contributed by atoms with Crippen molar-refractivity contribution in [2.24, 2.45) is 5.10 Å². The molecule has 1 amide bonds. The highest BCUT2D eigenvalue weighted by Gasteiger charge is 2.27. The molecular weight excluding hydrogens is 430 g/mol. The Morgan fingerprint density at radius 1 is 1.34 bits per heavy atom. The minimum absolute atomic E-state index is 0.0708. The van der Waals surface area contributed by atoms with E-state index in [4.69, 9.17) is 10.4 Å². The summed E-state index contributed by atoms with van der Waals surface area (Å²) in [6, 6.07) is 8.22. The van der Waals surface area contributed by atoms with E-state index in [9.17, 15) is 4.79 Å². The Balaban J connectivity index is 1.56. The molecule has 11 nitrogen and oxygen atoms in total. The number of carbonyl (C=O) groups is 1. The maximum absolute atomic E-state index is 12.9. The Bertz CT molecular complexity index is 1090. The van der Waals surface area contributed by atoms with Gasteiger partial charge in [-0.15, -0.1) is 16.9 Å². The average Bonchev–Trinajstić information content (AvgIpc) is 3.41. The fourth-order valence-corrected chi connectivity index (χ4v) is 4.03. The third kappa shape index (κ3) is 4.81. The van der Waals surface area contributed by atoms with Crippen molar-refractivity contribution in [2.75, 3.05) is 18.5 Å². The van der Waals surface area contributed by atoms with E-state index in [1.807, 2.05) is 30.5 Å². The zero-order valence-corrected chi connectivity index (χ0v) is 18.7. The average molecular weight is 456 g/mol. The molecule has 0 saturated carbocycles. The normalized spacial score (nSPS) is 17.1. The molecule has 1 atom stereocenters. The second-order valence-electron chi connectivity index (χ2n) is 7.56. The maximum atomic E-state index is 12.9. The summed E-state index contributed by atoms with van der Waals surface area (Å²) in [7, 11) is 0. The van der Waals surface area contributed by atoms with Crippen LogP contribution < -0.4 is 11.2 Å². The summed E-state index contributed by atoms with van der Waals surface area (Å²) in [4.78, 5) is 16.3. The van der Waals surface area contributed by atoms with E-state index in [1.54, 1.807) is 18.0 Å². The molecule has 1 unspecified atom stereocenters. The van der Waals surface area contributed by atoms with Crippen LogP contribution in [-0.2, 0) is 6.54 Å². The first-order valence-electron chi connectivity index (χ1n) is 10.3. The third-order valence-electron chi connectivity index (χ3n) is 5.46. The molecule has 1 aliphatic rings. The molecule has 0 bridgehead atoms. The van der Waals surface area contributed by atoms with Gasteiger partial charge in [0.2, 0.25) is 11.6 Å². The molecule has 3 heterocycles. The molecule has 12 heteroatoms. The molecule has 168 valence electrons. The van der Waals surface area contributed by atoms with Gasteiger partial charge in [0.15, 0.2) is 5.69 Å². The largest absolute Gasteiger partial charge is 0.378 e. The number of nitrogens with zero attached hydrogens (tertiary/aromatic N) is 7. The molecular formula is C20H25N9O2S. The van der Waals surface area contributed by atoms with Crippen LogP contribution >= 0.6 is 11.8 Å². The van der Waals surface area contributed by atoms with Crippen molar-refractivity contribution >= 4 is 29.7 Å². The maximum Gasteiger partial charge on any atom is 0.293 e. The van der Waals surface area contributed by atoms with E-state index in [0.29, 0.717) is 18.3 Å². The van der Waals surface area contributed by atoms with Gasteiger partial charge in [-0.2, -0.15) is 9.78 Å². The number of likely N-dealkylation sites (tertiary alicyclic amines) is 1. The monoisotopic (exact) mass is 455 g/mol. The predicted octanol–water partition coefficient (Wildman–Crippen LogP) is 2.09. The number of nitrogens with one attached hydrogen (secondary N) is 1. The van der Waals surface area contributed by atoms with Crippen LogP contribution in [0.25, 0.3) is 5.82 Å². The number of amides is 1. The zero-order valence-electron chi connectivity index (χ0n) is 17.9. The van der Waals surface area contributed by atoms with Gasteiger partial charge in [-0.05, 0) is 60.6 Å². The highest BCUT2D eigenvalue weighted by molar-refractivity contribution is 7.98. The number of nitrogens with two attached hydrogens (primary N) is 1. The fourth-order valence-electron chi connectivity index (χ4n) is 3.62. The molecule has 0 radical (unpaired) electrons. The van der Waals surface area contributed by atoms with Gasteiger partial charge in [0.1, 0.15) is 0 Å². The van der Waals surface area contributed by atoms with E-state index in [2.05, 4.69) is 43.0 Å². The van der Waals surface area contributed by atoms with Crippen LogP contribution in [-0.4, -0.2) is 61.2 Å². The summed E-state index contributed by atoms with van der Waals surface area (Å²) < 4.78 is 6.12. The van der Waals surface area contributed by atoms with Crippen LogP contribution in [0.15, 0.2) is 38.9 Å². The van der Waals surface area contributed by atoms with Crippen molar-refractivity contribution in [1.82, 2.24) is 35.6 Å². The summed E-state index contributed by atoms with van der Waals surface area (Å²) in [6.45, 7) is 3.55. The van der Waals surface area contributed by atoms with Crippen molar-refractivity contribution < 1.29 is 9.42 Å². The Morgan fingerprint density at radius 3 is 2.84 bits per heavy atom. The number of benzene rings is 1. The Kier molecular flexibility index (Phi) is 6.81. The first-order chi connectivity index (χ1) is 15.6. The quantitative estimate of drug-likeness (QED) is 0.311. The molecule has 3 N–H and O–H groups in total. The number of piperidine rings is 1. The van der Waals surface area contributed by atoms with Gasteiger partial charge < -0.3 is 5.73 Å². The van der Waals surface area contributed by atoms with E-state index in [-0.39, 0.29) is 17.3 Å². The van der Waals surface area contributed by atoms with Crippen LogP contribution in [0.4, 0.5) is 5.82 Å². The Morgan fingerprint density at radius 2 is 2.16 bits per heavy atom. The van der Waals surface area contributed by atoms with Gasteiger partial charge in [0, 0.05) is 17.5 Å². The topological polar surface area (TPSA) is 140 Å². The van der Waals surface area contributed by atoms with E-state index >= 15 is 0 Å². The molecule has 2 aromatic heterocycles. The number of thioether (sulfide) groups is 1. The third-order valence-corrected chi connectivity index (χ3v) is 6.21. The van der Waals surface area contributed by atoms with Crippen LogP contribution in [0, 0.1) is 0 Å². The molecule has 1 aliphatic heterocycles. The van der Waals surface area contributed by atoms with Gasteiger partial charge in [-0.3, -0.25) is 9.69 Å². The van der Waals surface area contributed by atoms with Crippen LogP contribution in [0.1, 0.15) is 47.9 Å². The minimum Gasteiger partial charge on any atom is -0.378 e. The molecule has 1 saturated heterocycles. The van der Waals surface area contributed by atoms with Crippen molar-refractivity contribution in [3.05, 3.63) is 41.2 Å². The smallest absolute Gasteiger partial charge is 0.293 e. The molecule has 1 fully saturated rings. The lowest BCUT2D eigenvalue weighted by Gasteiger charge is -2.33. The first-order valence-corrected chi connectivity index (χ1v) is 11.5. The van der Waals surface area contributed by atoms with Crippen LogP contribution in [0.2, 0.25) is 0 Å². The van der Waals surface area contributed by atoms with E-state index < -0.39 is 5.91 Å². The zero-order chi connectivity index (χ0) is 22.5. The second-order valence-corrected chi connectivity index (χ2v) is 8.44. The second kappa shape index (κ2) is 9.92. The van der Waals surface area contributed by atoms with E-state index in [1.165, 1.54) is 11.1 Å². The molecule has 4 rings (SSSR count). The van der Waals surface area contributed by atoms with Crippen molar-refractivity contribution in [2.45, 2.75) is 43.7 Å². The van der Waals surface area contributed by atoms with Crippen LogP contribution in [0.3, 0.4) is 0 Å². The lowest BCUT2D eigenvalue weighted by molar-refractivity contribution is 0.0945. The number of hydrogen-bond donors (Lipinski definition) is 2. The van der Waals surface area contributed by atoms with E-state index in [0.717, 1.165) is 29.8 Å². The number of nitrogen functional groups attached to an aromatic ring is 1. The number of carbonyl (C=O) groups excluding carboxylic acids is 1. The summed E-state index contributed by atoms with van der Waals surface area (Å²) in [5.74, 6) is -0.196. The molecule has 1 aromatic carbocycles. The first kappa shape index (κ1) is 22.0. The van der Waals surface area contributed by atoms with Crippen LogP contribution in [0.5, 0.6) is 0 Å². The van der Waals surface area contributed by atoms with Crippen molar-refractivity contribution in [1.29, 1.82) is 0 Å². The number of aromatic nitrogens is 5. The summed E-state index contributed by atoms with van der Waals surface area (Å²) in [6.07, 6.45) is 6.98. The molecule has 0 spiro atoms. The summed E-state index contributed by atoms with van der Waals surface area (Å²) >= 11 is 1.66. The van der Waals surface area contributed by atoms with Gasteiger partial charge in [-0.25, -0.2) is 10.1 Å². The Hall–Kier alpha value is -3.25. The lowest BCUT2D eigenvalue weighted by Crippen LogP contribution is -2.38. The fraction of sp³-hybridized carbons (Fsp3) is 0.400. The standard InChI is InChI=1S/C20H25N9O2S/c1-13-5-3-4-10-28(13)12-16-17(23-27-29(16)19-18(21)25-31-26-19)20(30)24-22-11-14-6-8-15(32-2)9-7-14/h6-9,11,13H,3-5,10,12H2,1-2H3,(H2,21,25)(H,24,30)/b22-11-. The number of hydrazone groups is 1. The number of rotatable bonds is 7. The molecule has 0 aliphatic carbocycles. The molecule has 3 aromatic rings. The lowest BCUT2D eigenvalue weighted by atomic mass is 10.0. The van der Waals surface area contributed by atoms with Gasteiger partial charge in [-0.1, -0.05) is 23.8 Å². The molecule has 32 heavy (non-hydrogen) atoms. The Labute approximate surface area is 189 Å². The van der Waals surface area contributed by atoms with Crippen molar-refractivity contribution in [3.8, 4) is 5.82 Å². The number of anilines is 1. The predicted molar refractivity (Wildman–Crippen MR) is 121 cm³/mol. The van der Waals surface area contributed by atoms with Gasteiger partial charge in [0.05, 0.1) is 11.9 Å². The van der Waals surface area contributed by atoms with Gasteiger partial charge in [0.25, 0.3) is 5.91 Å². The summed E-state index contributed by atoms with van der Waals surface area (Å²) in [5.41, 5.74) is 9.97. The van der Waals surface area contributed by atoms with Crippen molar-refractivity contribution in [3.63, 3.8) is 0 Å². The minimum atomic E-state index is -0.470.